The van der Waals surface area contributed by atoms with Gasteiger partial charge in [-0.25, -0.2) is 4.39 Å². The molecular weight excluding hydrogens is 255 g/mol. The van der Waals surface area contributed by atoms with Crippen LogP contribution < -0.4 is 10.1 Å². The van der Waals surface area contributed by atoms with Crippen LogP contribution in [0.1, 0.15) is 32.3 Å². The molecule has 0 aromatic heterocycles. The summed E-state index contributed by atoms with van der Waals surface area (Å²) in [6.45, 7) is 7.49. The van der Waals surface area contributed by atoms with Crippen LogP contribution in [0.2, 0.25) is 0 Å². The number of halogens is 1. The summed E-state index contributed by atoms with van der Waals surface area (Å²) in [4.78, 5) is 2.51. The number of nitrogens with one attached hydrogen (secondary N) is 1. The first-order valence-corrected chi connectivity index (χ1v) is 7.40. The zero-order valence-electron chi connectivity index (χ0n) is 12.7. The van der Waals surface area contributed by atoms with Crippen molar-refractivity contribution in [2.75, 3.05) is 20.2 Å². The van der Waals surface area contributed by atoms with E-state index in [1.54, 1.807) is 12.1 Å². The Hall–Kier alpha value is -1.13. The second-order valence-corrected chi connectivity index (χ2v) is 5.75. The fourth-order valence-electron chi connectivity index (χ4n) is 2.70. The summed E-state index contributed by atoms with van der Waals surface area (Å²) in [5.41, 5.74) is 0.967. The van der Waals surface area contributed by atoms with Crippen molar-refractivity contribution < 1.29 is 9.13 Å². The maximum atomic E-state index is 13.6. The third kappa shape index (κ3) is 3.93. The van der Waals surface area contributed by atoms with Crippen molar-refractivity contribution in [3.05, 3.63) is 29.6 Å². The van der Waals surface area contributed by atoms with E-state index >= 15 is 0 Å². The molecule has 3 nitrogen and oxygen atoms in total. The minimum Gasteiger partial charge on any atom is -0.494 e. The molecule has 0 bridgehead atoms. The Morgan fingerprint density at radius 3 is 2.60 bits per heavy atom. The van der Waals surface area contributed by atoms with Crippen LogP contribution >= 0.6 is 0 Å². The second kappa shape index (κ2) is 7.04. The highest BCUT2D eigenvalue weighted by molar-refractivity contribution is 5.29. The molecule has 1 heterocycles. The molecule has 1 fully saturated rings. The Labute approximate surface area is 121 Å². The Bertz CT molecular complexity index is 428. The topological polar surface area (TPSA) is 24.5 Å². The summed E-state index contributed by atoms with van der Waals surface area (Å²) in [5.74, 6) is 0.0143. The molecule has 0 unspecified atom stereocenters. The summed E-state index contributed by atoms with van der Waals surface area (Å²) < 4.78 is 18.5. The highest BCUT2D eigenvalue weighted by atomic mass is 19.1. The molecule has 2 rings (SSSR count). The van der Waals surface area contributed by atoms with E-state index in [-0.39, 0.29) is 5.82 Å². The molecule has 0 aliphatic carbocycles. The lowest BCUT2D eigenvalue weighted by atomic mass is 10.0. The van der Waals surface area contributed by atoms with Gasteiger partial charge in [-0.05, 0) is 57.5 Å². The number of likely N-dealkylation sites (tertiary alicyclic amines) is 1. The molecular formula is C16H25FN2O. The second-order valence-electron chi connectivity index (χ2n) is 5.75. The minimum atomic E-state index is -0.290. The van der Waals surface area contributed by atoms with E-state index in [4.69, 9.17) is 4.74 Å². The number of benzene rings is 1. The summed E-state index contributed by atoms with van der Waals surface area (Å²) >= 11 is 0. The molecule has 112 valence electrons. The highest BCUT2D eigenvalue weighted by Crippen LogP contribution is 2.18. The van der Waals surface area contributed by atoms with E-state index in [2.05, 4.69) is 24.1 Å². The van der Waals surface area contributed by atoms with Crippen molar-refractivity contribution >= 4 is 0 Å². The van der Waals surface area contributed by atoms with Crippen LogP contribution in [0.3, 0.4) is 0 Å². The van der Waals surface area contributed by atoms with E-state index in [1.165, 1.54) is 7.11 Å². The Morgan fingerprint density at radius 2 is 2.05 bits per heavy atom. The van der Waals surface area contributed by atoms with E-state index < -0.39 is 0 Å². The number of hydrogen-bond acceptors (Lipinski definition) is 3. The van der Waals surface area contributed by atoms with E-state index in [9.17, 15) is 4.39 Å². The number of nitrogens with zero attached hydrogens (tertiary/aromatic N) is 1. The van der Waals surface area contributed by atoms with Crippen LogP contribution in [0.4, 0.5) is 4.39 Å². The van der Waals surface area contributed by atoms with Gasteiger partial charge in [-0.3, -0.25) is 0 Å². The predicted octanol–water partition coefficient (Wildman–Crippen LogP) is 2.80. The predicted molar refractivity (Wildman–Crippen MR) is 79.5 cm³/mol. The molecule has 1 saturated heterocycles. The van der Waals surface area contributed by atoms with Crippen molar-refractivity contribution in [1.29, 1.82) is 0 Å². The standard InChI is InChI=1S/C16H25FN2O/c1-12(2)19-8-6-14(7-9-19)18-11-13-4-5-16(20-3)15(17)10-13/h4-5,10,12,14,18H,6-9,11H2,1-3H3. The maximum Gasteiger partial charge on any atom is 0.165 e. The lowest BCUT2D eigenvalue weighted by Gasteiger charge is -2.35. The lowest BCUT2D eigenvalue weighted by molar-refractivity contribution is 0.161. The quantitative estimate of drug-likeness (QED) is 0.897. The van der Waals surface area contributed by atoms with E-state index in [0.29, 0.717) is 24.4 Å². The maximum absolute atomic E-state index is 13.6. The summed E-state index contributed by atoms with van der Waals surface area (Å²) in [6.07, 6.45) is 2.33. The SMILES string of the molecule is COc1ccc(CNC2CCN(C(C)C)CC2)cc1F. The molecule has 0 saturated carbocycles. The largest absolute Gasteiger partial charge is 0.494 e. The Morgan fingerprint density at radius 1 is 1.35 bits per heavy atom. The third-order valence-corrected chi connectivity index (χ3v) is 4.07. The van der Waals surface area contributed by atoms with Gasteiger partial charge < -0.3 is 15.0 Å². The van der Waals surface area contributed by atoms with Gasteiger partial charge in [0, 0.05) is 18.6 Å². The van der Waals surface area contributed by atoms with Crippen molar-refractivity contribution in [1.82, 2.24) is 10.2 Å². The first-order valence-electron chi connectivity index (χ1n) is 7.40. The molecule has 0 atom stereocenters. The molecule has 1 aliphatic rings. The number of hydrogen-bond donors (Lipinski definition) is 1. The fourth-order valence-corrected chi connectivity index (χ4v) is 2.70. The molecule has 20 heavy (non-hydrogen) atoms. The summed E-state index contributed by atoms with van der Waals surface area (Å²) in [5, 5.41) is 3.53. The average Bonchev–Trinajstić information content (AvgIpc) is 2.45. The molecule has 1 aromatic carbocycles. The van der Waals surface area contributed by atoms with E-state index in [1.807, 2.05) is 6.07 Å². The van der Waals surface area contributed by atoms with Crippen LogP contribution in [0.25, 0.3) is 0 Å². The normalized spacial score (nSPS) is 17.6. The number of ether oxygens (including phenoxy) is 1. The van der Waals surface area contributed by atoms with Gasteiger partial charge in [0.25, 0.3) is 0 Å². The molecule has 1 aromatic rings. The molecule has 0 spiro atoms. The molecule has 4 heteroatoms. The third-order valence-electron chi connectivity index (χ3n) is 4.07. The van der Waals surface area contributed by atoms with Crippen molar-refractivity contribution in [2.24, 2.45) is 0 Å². The molecule has 1 aliphatic heterocycles. The average molecular weight is 280 g/mol. The van der Waals surface area contributed by atoms with Gasteiger partial charge in [-0.2, -0.15) is 0 Å². The van der Waals surface area contributed by atoms with Gasteiger partial charge in [0.2, 0.25) is 0 Å². The highest BCUT2D eigenvalue weighted by Gasteiger charge is 2.20. The summed E-state index contributed by atoms with van der Waals surface area (Å²) in [6, 6.07) is 6.32. The Kier molecular flexibility index (Phi) is 5.38. The van der Waals surface area contributed by atoms with Gasteiger partial charge in [0.15, 0.2) is 11.6 Å². The molecule has 1 N–H and O–H groups in total. The first-order chi connectivity index (χ1) is 9.60. The van der Waals surface area contributed by atoms with Crippen molar-refractivity contribution in [3.63, 3.8) is 0 Å². The monoisotopic (exact) mass is 280 g/mol. The van der Waals surface area contributed by atoms with Gasteiger partial charge in [-0.15, -0.1) is 0 Å². The van der Waals surface area contributed by atoms with Gasteiger partial charge in [-0.1, -0.05) is 6.07 Å². The number of piperidine rings is 1. The van der Waals surface area contributed by atoms with E-state index in [0.717, 1.165) is 31.5 Å². The van der Waals surface area contributed by atoms with Crippen molar-refractivity contribution in [3.8, 4) is 5.75 Å². The number of methoxy groups -OCH3 is 1. The zero-order chi connectivity index (χ0) is 14.5. The number of rotatable bonds is 5. The van der Waals surface area contributed by atoms with Gasteiger partial charge in [0.05, 0.1) is 7.11 Å². The fraction of sp³-hybridized carbons (Fsp3) is 0.625. The molecule has 0 radical (unpaired) electrons. The lowest BCUT2D eigenvalue weighted by Crippen LogP contribution is -2.44. The van der Waals surface area contributed by atoms with Crippen LogP contribution in [-0.2, 0) is 6.54 Å². The van der Waals surface area contributed by atoms with Crippen LogP contribution in [0, 0.1) is 5.82 Å². The smallest absolute Gasteiger partial charge is 0.165 e. The summed E-state index contributed by atoms with van der Waals surface area (Å²) in [7, 11) is 1.48. The molecule has 0 amide bonds. The van der Waals surface area contributed by atoms with Gasteiger partial charge in [0.1, 0.15) is 0 Å². The zero-order valence-corrected chi connectivity index (χ0v) is 12.7. The minimum absolute atomic E-state index is 0.290. The van der Waals surface area contributed by atoms with Crippen LogP contribution in [0.5, 0.6) is 5.75 Å². The van der Waals surface area contributed by atoms with Crippen LogP contribution in [0.15, 0.2) is 18.2 Å². The van der Waals surface area contributed by atoms with Gasteiger partial charge >= 0.3 is 0 Å². The Balaban J connectivity index is 1.80. The first kappa shape index (κ1) is 15.3. The van der Waals surface area contributed by atoms with Crippen LogP contribution in [-0.4, -0.2) is 37.2 Å². The van der Waals surface area contributed by atoms with Crippen molar-refractivity contribution in [2.45, 2.75) is 45.3 Å².